The van der Waals surface area contributed by atoms with Crippen LogP contribution >= 0.6 is 23.4 Å². The standard InChI is InChI=1S/C11H10ClN3S/c12-9-2-1-3-10(13)8(9)6-16-11-4-5-14-7-15-11/h1-5,7H,6,13H2. The Kier molecular flexibility index (Phi) is 3.64. The Morgan fingerprint density at radius 2 is 2.19 bits per heavy atom. The summed E-state index contributed by atoms with van der Waals surface area (Å²) >= 11 is 7.66. The minimum Gasteiger partial charge on any atom is -0.398 e. The molecule has 0 bridgehead atoms. The molecular weight excluding hydrogens is 242 g/mol. The molecule has 2 aromatic rings. The molecule has 0 aliphatic heterocycles. The van der Waals surface area contributed by atoms with Gasteiger partial charge in [0.15, 0.2) is 0 Å². The Bertz CT molecular complexity index is 456. The number of nitrogens with zero attached hydrogens (tertiary/aromatic N) is 2. The fourth-order valence-corrected chi connectivity index (χ4v) is 2.46. The minimum atomic E-state index is 0.696. The van der Waals surface area contributed by atoms with Crippen LogP contribution in [0.2, 0.25) is 5.02 Å². The van der Waals surface area contributed by atoms with E-state index >= 15 is 0 Å². The molecule has 1 aromatic carbocycles. The molecule has 0 unspecified atom stereocenters. The quantitative estimate of drug-likeness (QED) is 0.518. The molecular formula is C11H10ClN3S. The van der Waals surface area contributed by atoms with E-state index in [0.717, 1.165) is 10.6 Å². The van der Waals surface area contributed by atoms with E-state index in [4.69, 9.17) is 17.3 Å². The first-order valence-corrected chi connectivity index (χ1v) is 6.05. The van der Waals surface area contributed by atoms with E-state index in [1.54, 1.807) is 18.0 Å². The minimum absolute atomic E-state index is 0.696. The first-order chi connectivity index (χ1) is 7.77. The van der Waals surface area contributed by atoms with Crippen molar-refractivity contribution in [3.63, 3.8) is 0 Å². The van der Waals surface area contributed by atoms with E-state index in [0.29, 0.717) is 16.5 Å². The molecule has 0 amide bonds. The molecule has 0 atom stereocenters. The number of hydrogen-bond acceptors (Lipinski definition) is 4. The number of hydrogen-bond donors (Lipinski definition) is 1. The lowest BCUT2D eigenvalue weighted by molar-refractivity contribution is 1.05. The Morgan fingerprint density at radius 1 is 1.31 bits per heavy atom. The molecule has 0 aliphatic carbocycles. The largest absolute Gasteiger partial charge is 0.398 e. The highest BCUT2D eigenvalue weighted by molar-refractivity contribution is 7.98. The van der Waals surface area contributed by atoms with Gasteiger partial charge in [0.05, 0.1) is 5.03 Å². The lowest BCUT2D eigenvalue weighted by atomic mass is 10.2. The zero-order valence-electron chi connectivity index (χ0n) is 8.43. The summed E-state index contributed by atoms with van der Waals surface area (Å²) in [5.74, 6) is 0.711. The second-order valence-electron chi connectivity index (χ2n) is 3.14. The van der Waals surface area contributed by atoms with Crippen LogP contribution in [0, 0.1) is 0 Å². The van der Waals surface area contributed by atoms with Gasteiger partial charge in [-0.3, -0.25) is 0 Å². The first-order valence-electron chi connectivity index (χ1n) is 4.69. The summed E-state index contributed by atoms with van der Waals surface area (Å²) in [6, 6.07) is 7.39. The molecule has 0 aliphatic rings. The summed E-state index contributed by atoms with van der Waals surface area (Å²) < 4.78 is 0. The third-order valence-electron chi connectivity index (χ3n) is 2.07. The third-order valence-corrected chi connectivity index (χ3v) is 3.40. The van der Waals surface area contributed by atoms with Gasteiger partial charge in [-0.2, -0.15) is 0 Å². The molecule has 5 heteroatoms. The smallest absolute Gasteiger partial charge is 0.116 e. The van der Waals surface area contributed by atoms with Crippen LogP contribution in [0.15, 0.2) is 41.8 Å². The highest BCUT2D eigenvalue weighted by Gasteiger charge is 2.05. The van der Waals surface area contributed by atoms with Crippen molar-refractivity contribution in [3.8, 4) is 0 Å². The molecule has 0 saturated carbocycles. The molecule has 82 valence electrons. The Hall–Kier alpha value is -1.26. The highest BCUT2D eigenvalue weighted by Crippen LogP contribution is 2.28. The van der Waals surface area contributed by atoms with Crippen LogP contribution in [0.1, 0.15) is 5.56 Å². The van der Waals surface area contributed by atoms with Crippen LogP contribution in [0.5, 0.6) is 0 Å². The summed E-state index contributed by atoms with van der Waals surface area (Å²) in [5, 5.41) is 1.61. The van der Waals surface area contributed by atoms with E-state index in [9.17, 15) is 0 Å². The number of halogens is 1. The molecule has 0 saturated heterocycles. The van der Waals surface area contributed by atoms with Crippen molar-refractivity contribution >= 4 is 29.1 Å². The molecule has 1 heterocycles. The molecule has 3 nitrogen and oxygen atoms in total. The van der Waals surface area contributed by atoms with Crippen LogP contribution in [0.25, 0.3) is 0 Å². The number of aromatic nitrogens is 2. The number of nitrogen functional groups attached to an aromatic ring is 1. The predicted octanol–water partition coefficient (Wildman–Crippen LogP) is 3.00. The molecule has 0 fully saturated rings. The lowest BCUT2D eigenvalue weighted by Gasteiger charge is -2.06. The van der Waals surface area contributed by atoms with Gasteiger partial charge in [0, 0.05) is 28.2 Å². The van der Waals surface area contributed by atoms with Gasteiger partial charge >= 0.3 is 0 Å². The average molecular weight is 252 g/mol. The predicted molar refractivity (Wildman–Crippen MR) is 67.5 cm³/mol. The van der Waals surface area contributed by atoms with Gasteiger partial charge in [0.1, 0.15) is 6.33 Å². The summed E-state index contributed by atoms with van der Waals surface area (Å²) in [5.41, 5.74) is 7.52. The Balaban J connectivity index is 2.11. The Morgan fingerprint density at radius 3 is 2.88 bits per heavy atom. The fraction of sp³-hybridized carbons (Fsp3) is 0.0909. The van der Waals surface area contributed by atoms with Gasteiger partial charge in [-0.15, -0.1) is 11.8 Å². The van der Waals surface area contributed by atoms with Gasteiger partial charge in [0.25, 0.3) is 0 Å². The van der Waals surface area contributed by atoms with Crippen LogP contribution in [0.3, 0.4) is 0 Å². The maximum Gasteiger partial charge on any atom is 0.116 e. The summed E-state index contributed by atoms with van der Waals surface area (Å²) in [4.78, 5) is 7.98. The maximum atomic E-state index is 6.07. The molecule has 1 aromatic heterocycles. The van der Waals surface area contributed by atoms with E-state index < -0.39 is 0 Å². The summed E-state index contributed by atoms with van der Waals surface area (Å²) in [6.07, 6.45) is 3.24. The van der Waals surface area contributed by atoms with E-state index in [2.05, 4.69) is 9.97 Å². The second kappa shape index (κ2) is 5.18. The van der Waals surface area contributed by atoms with Crippen LogP contribution in [0.4, 0.5) is 5.69 Å². The van der Waals surface area contributed by atoms with Crippen molar-refractivity contribution in [1.82, 2.24) is 9.97 Å². The van der Waals surface area contributed by atoms with Crippen molar-refractivity contribution < 1.29 is 0 Å². The van der Waals surface area contributed by atoms with Gasteiger partial charge in [-0.1, -0.05) is 17.7 Å². The zero-order valence-corrected chi connectivity index (χ0v) is 10.0. The van der Waals surface area contributed by atoms with E-state index in [1.165, 1.54) is 6.33 Å². The van der Waals surface area contributed by atoms with Crippen molar-refractivity contribution in [2.24, 2.45) is 0 Å². The molecule has 16 heavy (non-hydrogen) atoms. The first kappa shape index (κ1) is 11.2. The second-order valence-corrected chi connectivity index (χ2v) is 4.55. The van der Waals surface area contributed by atoms with Crippen molar-refractivity contribution in [2.45, 2.75) is 10.8 Å². The van der Waals surface area contributed by atoms with Gasteiger partial charge in [0.2, 0.25) is 0 Å². The van der Waals surface area contributed by atoms with Crippen molar-refractivity contribution in [3.05, 3.63) is 47.4 Å². The normalized spacial score (nSPS) is 10.3. The molecule has 2 rings (SSSR count). The maximum absolute atomic E-state index is 6.07. The van der Waals surface area contributed by atoms with Crippen LogP contribution < -0.4 is 5.73 Å². The third kappa shape index (κ3) is 2.65. The SMILES string of the molecule is Nc1cccc(Cl)c1CSc1ccncn1. The van der Waals surface area contributed by atoms with Crippen LogP contribution in [-0.2, 0) is 5.75 Å². The fourth-order valence-electron chi connectivity index (χ4n) is 1.24. The molecule has 0 spiro atoms. The van der Waals surface area contributed by atoms with Gasteiger partial charge in [-0.05, 0) is 18.2 Å². The van der Waals surface area contributed by atoms with E-state index in [1.807, 2.05) is 24.3 Å². The van der Waals surface area contributed by atoms with Crippen molar-refractivity contribution in [2.75, 3.05) is 5.73 Å². The van der Waals surface area contributed by atoms with Gasteiger partial charge in [-0.25, -0.2) is 9.97 Å². The monoisotopic (exact) mass is 251 g/mol. The number of rotatable bonds is 3. The van der Waals surface area contributed by atoms with Crippen molar-refractivity contribution in [1.29, 1.82) is 0 Å². The number of nitrogens with two attached hydrogens (primary N) is 1. The number of benzene rings is 1. The number of thioether (sulfide) groups is 1. The summed E-state index contributed by atoms with van der Waals surface area (Å²) in [6.45, 7) is 0. The molecule has 2 N–H and O–H groups in total. The van der Waals surface area contributed by atoms with E-state index in [-0.39, 0.29) is 0 Å². The molecule has 0 radical (unpaired) electrons. The zero-order chi connectivity index (χ0) is 11.4. The Labute approximate surface area is 103 Å². The average Bonchev–Trinajstić information content (AvgIpc) is 2.30. The lowest BCUT2D eigenvalue weighted by Crippen LogP contribution is -1.93. The number of anilines is 1. The van der Waals surface area contributed by atoms with Crippen LogP contribution in [-0.4, -0.2) is 9.97 Å². The summed E-state index contributed by atoms with van der Waals surface area (Å²) in [7, 11) is 0. The highest BCUT2D eigenvalue weighted by atomic mass is 35.5. The topological polar surface area (TPSA) is 51.8 Å². The van der Waals surface area contributed by atoms with Gasteiger partial charge < -0.3 is 5.73 Å².